The van der Waals surface area contributed by atoms with Crippen molar-refractivity contribution >= 4 is 17.5 Å². The van der Waals surface area contributed by atoms with Gasteiger partial charge in [0.25, 0.3) is 5.91 Å². The molecule has 1 fully saturated rings. The van der Waals surface area contributed by atoms with E-state index in [1.807, 2.05) is 0 Å². The van der Waals surface area contributed by atoms with E-state index in [9.17, 15) is 31.5 Å². The van der Waals surface area contributed by atoms with E-state index in [0.29, 0.717) is 0 Å². The van der Waals surface area contributed by atoms with Gasteiger partial charge in [-0.1, -0.05) is 12.1 Å². The van der Waals surface area contributed by atoms with Crippen LogP contribution in [0.1, 0.15) is 16.8 Å². The number of hydrogen-bond donors (Lipinski definition) is 1. The number of amides is 2. The van der Waals surface area contributed by atoms with Crippen LogP contribution in [0.3, 0.4) is 0 Å². The van der Waals surface area contributed by atoms with Crippen LogP contribution in [-0.4, -0.2) is 30.8 Å². The highest BCUT2D eigenvalue weighted by Gasteiger charge is 2.35. The third-order valence-corrected chi connectivity index (χ3v) is 4.07. The third kappa shape index (κ3) is 4.21. The summed E-state index contributed by atoms with van der Waals surface area (Å²) in [4.78, 5) is 25.8. The monoisotopic (exact) mass is 400 g/mol. The van der Waals surface area contributed by atoms with Crippen LogP contribution >= 0.6 is 0 Å². The molecular weight excluding hydrogens is 387 g/mol. The molecule has 148 valence electrons. The molecule has 2 aromatic carbocycles. The van der Waals surface area contributed by atoms with E-state index in [1.54, 1.807) is 0 Å². The van der Waals surface area contributed by atoms with Crippen molar-refractivity contribution in [1.82, 2.24) is 5.32 Å². The quantitative estimate of drug-likeness (QED) is 0.801. The van der Waals surface area contributed by atoms with E-state index in [1.165, 1.54) is 17.0 Å². The minimum absolute atomic E-state index is 0.116. The van der Waals surface area contributed by atoms with E-state index in [4.69, 9.17) is 0 Å². The summed E-state index contributed by atoms with van der Waals surface area (Å²) in [6.45, 7) is 0.116. The fraction of sp³-hybridized carbons (Fsp3) is 0.222. The van der Waals surface area contributed by atoms with Gasteiger partial charge in [-0.05, 0) is 30.7 Å². The normalized spacial score (nSPS) is 17.0. The Morgan fingerprint density at radius 3 is 2.57 bits per heavy atom. The summed E-state index contributed by atoms with van der Waals surface area (Å²) in [5, 5.41) is 2.32. The molecule has 1 heterocycles. The number of benzene rings is 2. The molecule has 0 radical (unpaired) electrons. The lowest BCUT2D eigenvalue weighted by atomic mass is 10.1. The van der Waals surface area contributed by atoms with E-state index in [-0.39, 0.29) is 18.7 Å². The number of carbonyl (C=O) groups excluding carboxylic acids is 2. The van der Waals surface area contributed by atoms with Crippen molar-refractivity contribution in [3.05, 3.63) is 59.7 Å². The van der Waals surface area contributed by atoms with Gasteiger partial charge < -0.3 is 15.0 Å². The molecule has 0 spiro atoms. The number of rotatable bonds is 4. The van der Waals surface area contributed by atoms with Crippen molar-refractivity contribution in [3.8, 4) is 5.75 Å². The maximum atomic E-state index is 13.7. The highest BCUT2D eigenvalue weighted by molar-refractivity contribution is 6.04. The first-order valence-corrected chi connectivity index (χ1v) is 8.08. The van der Waals surface area contributed by atoms with Gasteiger partial charge in [-0.25, -0.2) is 8.78 Å². The van der Waals surface area contributed by atoms with Gasteiger partial charge in [0.2, 0.25) is 5.91 Å². The summed E-state index contributed by atoms with van der Waals surface area (Å²) in [5.74, 6) is -4.58. The van der Waals surface area contributed by atoms with Crippen LogP contribution in [0.25, 0.3) is 0 Å². The molecule has 0 aliphatic carbocycles. The molecule has 0 bridgehead atoms. The van der Waals surface area contributed by atoms with E-state index in [2.05, 4.69) is 10.1 Å². The topological polar surface area (TPSA) is 58.6 Å². The molecule has 1 aliphatic rings. The maximum absolute atomic E-state index is 13.7. The summed E-state index contributed by atoms with van der Waals surface area (Å²) in [6, 6.07) is 6.89. The van der Waals surface area contributed by atoms with Crippen molar-refractivity contribution < 1.29 is 36.3 Å². The molecule has 1 aliphatic heterocycles. The van der Waals surface area contributed by atoms with E-state index in [0.717, 1.165) is 30.3 Å². The zero-order valence-electron chi connectivity index (χ0n) is 14.1. The number of ether oxygens (including phenoxy) is 1. The minimum atomic E-state index is -4.88. The molecule has 28 heavy (non-hydrogen) atoms. The zero-order valence-corrected chi connectivity index (χ0v) is 14.1. The Hall–Kier alpha value is -3.17. The molecule has 10 heteroatoms. The van der Waals surface area contributed by atoms with Gasteiger partial charge >= 0.3 is 6.36 Å². The summed E-state index contributed by atoms with van der Waals surface area (Å²) in [6.07, 6.45) is -4.73. The van der Waals surface area contributed by atoms with Gasteiger partial charge in [0.15, 0.2) is 11.6 Å². The Morgan fingerprint density at radius 1 is 1.14 bits per heavy atom. The lowest BCUT2D eigenvalue weighted by Gasteiger charge is -2.18. The van der Waals surface area contributed by atoms with Crippen LogP contribution in [0.5, 0.6) is 5.75 Å². The molecule has 1 unspecified atom stereocenters. The number of alkyl halides is 3. The van der Waals surface area contributed by atoms with Crippen molar-refractivity contribution in [3.63, 3.8) is 0 Å². The lowest BCUT2D eigenvalue weighted by molar-refractivity contribution is -0.274. The summed E-state index contributed by atoms with van der Waals surface area (Å²) in [7, 11) is 0. The SMILES string of the molecule is O=C(NC1CCN(c2cccc(OC(F)(F)F)c2)C1=O)c1cccc(F)c1F. The molecule has 1 saturated heterocycles. The second-order valence-corrected chi connectivity index (χ2v) is 5.95. The van der Waals surface area contributed by atoms with Crippen LogP contribution < -0.4 is 15.0 Å². The average Bonchev–Trinajstić information content (AvgIpc) is 2.96. The zero-order chi connectivity index (χ0) is 20.5. The first-order valence-electron chi connectivity index (χ1n) is 8.08. The Balaban J connectivity index is 1.72. The first-order chi connectivity index (χ1) is 13.2. The number of anilines is 1. The average molecular weight is 400 g/mol. The molecule has 1 N–H and O–H groups in total. The number of carbonyl (C=O) groups is 2. The Labute approximate surface area is 155 Å². The van der Waals surface area contributed by atoms with Crippen LogP contribution in [0.4, 0.5) is 27.6 Å². The fourth-order valence-corrected chi connectivity index (χ4v) is 2.83. The predicted octanol–water partition coefficient (Wildman–Crippen LogP) is 3.40. The smallest absolute Gasteiger partial charge is 0.406 e. The Morgan fingerprint density at radius 2 is 1.86 bits per heavy atom. The van der Waals surface area contributed by atoms with Gasteiger partial charge in [0, 0.05) is 18.3 Å². The molecule has 2 aromatic rings. The lowest BCUT2D eigenvalue weighted by Crippen LogP contribution is -2.41. The number of hydrogen-bond acceptors (Lipinski definition) is 3. The number of halogens is 5. The Kier molecular flexibility index (Phi) is 5.21. The largest absolute Gasteiger partial charge is 0.573 e. The standard InChI is InChI=1S/C18H13F5N2O3/c19-13-6-2-5-12(15(13)20)16(26)24-14-7-8-25(17(14)27)10-3-1-4-11(9-10)28-18(21,22)23/h1-6,9,14H,7-8H2,(H,24,26). The van der Waals surface area contributed by atoms with Gasteiger partial charge in [-0.3, -0.25) is 9.59 Å². The summed E-state index contributed by atoms with van der Waals surface area (Å²) < 4.78 is 67.8. The van der Waals surface area contributed by atoms with Crippen molar-refractivity contribution in [2.75, 3.05) is 11.4 Å². The maximum Gasteiger partial charge on any atom is 0.573 e. The first kappa shape index (κ1) is 19.6. The highest BCUT2D eigenvalue weighted by atomic mass is 19.4. The van der Waals surface area contributed by atoms with Gasteiger partial charge in [0.05, 0.1) is 5.56 Å². The van der Waals surface area contributed by atoms with E-state index >= 15 is 0 Å². The third-order valence-electron chi connectivity index (χ3n) is 4.07. The second kappa shape index (κ2) is 7.45. The van der Waals surface area contributed by atoms with Gasteiger partial charge in [-0.15, -0.1) is 13.2 Å². The molecule has 1 atom stereocenters. The molecular formula is C18H13F5N2O3. The minimum Gasteiger partial charge on any atom is -0.406 e. The van der Waals surface area contributed by atoms with Crippen LogP contribution in [0.15, 0.2) is 42.5 Å². The summed E-state index contributed by atoms with van der Waals surface area (Å²) >= 11 is 0. The van der Waals surface area contributed by atoms with Crippen molar-refractivity contribution in [2.45, 2.75) is 18.8 Å². The second-order valence-electron chi connectivity index (χ2n) is 5.95. The number of nitrogens with one attached hydrogen (secondary N) is 1. The van der Waals surface area contributed by atoms with Crippen LogP contribution in [-0.2, 0) is 4.79 Å². The fourth-order valence-electron chi connectivity index (χ4n) is 2.83. The predicted molar refractivity (Wildman–Crippen MR) is 87.7 cm³/mol. The highest BCUT2D eigenvalue weighted by Crippen LogP contribution is 2.29. The molecule has 3 rings (SSSR count). The van der Waals surface area contributed by atoms with Crippen LogP contribution in [0, 0.1) is 11.6 Å². The van der Waals surface area contributed by atoms with E-state index < -0.39 is 47.2 Å². The molecule has 5 nitrogen and oxygen atoms in total. The Bertz CT molecular complexity index is 916. The molecule has 0 aromatic heterocycles. The van der Waals surface area contributed by atoms with Crippen molar-refractivity contribution in [1.29, 1.82) is 0 Å². The van der Waals surface area contributed by atoms with Crippen LogP contribution in [0.2, 0.25) is 0 Å². The molecule has 2 amide bonds. The molecule has 0 saturated carbocycles. The summed E-state index contributed by atoms with van der Waals surface area (Å²) in [5.41, 5.74) is -0.396. The van der Waals surface area contributed by atoms with Gasteiger partial charge in [-0.2, -0.15) is 0 Å². The van der Waals surface area contributed by atoms with Gasteiger partial charge in [0.1, 0.15) is 11.8 Å². The van der Waals surface area contributed by atoms with Crippen molar-refractivity contribution in [2.24, 2.45) is 0 Å². The number of nitrogens with zero attached hydrogens (tertiary/aromatic N) is 1.